The van der Waals surface area contributed by atoms with E-state index in [2.05, 4.69) is 17.6 Å². The minimum Gasteiger partial charge on any atom is -0.376 e. The minimum absolute atomic E-state index is 0.0368. The quantitative estimate of drug-likeness (QED) is 0.443. The Labute approximate surface area is 218 Å². The molecule has 0 aliphatic carbocycles. The van der Waals surface area contributed by atoms with Crippen LogP contribution in [-0.4, -0.2) is 48.8 Å². The fraction of sp³-hybridized carbons (Fsp3) is 0.300. The average molecular weight is 499 g/mol. The van der Waals surface area contributed by atoms with Gasteiger partial charge in [0.25, 0.3) is 11.8 Å². The maximum atomic E-state index is 13.1. The van der Waals surface area contributed by atoms with Crippen molar-refractivity contribution in [1.29, 1.82) is 0 Å². The van der Waals surface area contributed by atoms with Crippen molar-refractivity contribution in [3.05, 3.63) is 90.0 Å². The van der Waals surface area contributed by atoms with Gasteiger partial charge in [-0.2, -0.15) is 0 Å². The van der Waals surface area contributed by atoms with E-state index in [-0.39, 0.29) is 24.3 Å². The molecule has 192 valence electrons. The van der Waals surface area contributed by atoms with E-state index in [9.17, 15) is 14.4 Å². The van der Waals surface area contributed by atoms with Crippen LogP contribution in [0.4, 0.5) is 17.1 Å². The van der Waals surface area contributed by atoms with Crippen LogP contribution in [0.1, 0.15) is 47.4 Å². The molecule has 3 aromatic rings. The number of rotatable bonds is 8. The molecule has 0 bridgehead atoms. The van der Waals surface area contributed by atoms with E-state index < -0.39 is 0 Å². The summed E-state index contributed by atoms with van der Waals surface area (Å²) < 4.78 is 0. The van der Waals surface area contributed by atoms with Crippen LogP contribution in [0.5, 0.6) is 0 Å². The first-order chi connectivity index (χ1) is 17.9. The molecule has 0 aromatic heterocycles. The summed E-state index contributed by atoms with van der Waals surface area (Å²) in [5.74, 6) is 0.379. The first-order valence-electron chi connectivity index (χ1n) is 12.8. The Morgan fingerprint density at radius 1 is 0.865 bits per heavy atom. The SMILES string of the molecule is CCN(C(=O)c1cccc(NCC(=O)Nc2ccc(C(=O)N3CCC(C)CC3)cc2)c1)c1ccccc1. The smallest absolute Gasteiger partial charge is 0.258 e. The maximum absolute atomic E-state index is 13.1. The molecule has 0 atom stereocenters. The van der Waals surface area contributed by atoms with E-state index in [1.165, 1.54) is 0 Å². The lowest BCUT2D eigenvalue weighted by Crippen LogP contribution is -2.37. The topological polar surface area (TPSA) is 81.8 Å². The van der Waals surface area contributed by atoms with E-state index in [1.54, 1.807) is 47.4 Å². The molecule has 4 rings (SSSR count). The summed E-state index contributed by atoms with van der Waals surface area (Å²) in [5.41, 5.74) is 3.32. The highest BCUT2D eigenvalue weighted by molar-refractivity contribution is 6.06. The summed E-state index contributed by atoms with van der Waals surface area (Å²) in [4.78, 5) is 41.9. The first-order valence-corrected chi connectivity index (χ1v) is 12.8. The number of anilines is 3. The van der Waals surface area contributed by atoms with E-state index in [4.69, 9.17) is 0 Å². The summed E-state index contributed by atoms with van der Waals surface area (Å²) in [6, 6.07) is 23.7. The van der Waals surface area contributed by atoms with Gasteiger partial charge in [0.05, 0.1) is 6.54 Å². The fourth-order valence-electron chi connectivity index (χ4n) is 4.45. The third kappa shape index (κ3) is 6.76. The normalized spacial score (nSPS) is 13.6. The lowest BCUT2D eigenvalue weighted by Gasteiger charge is -2.30. The average Bonchev–Trinajstić information content (AvgIpc) is 2.93. The summed E-state index contributed by atoms with van der Waals surface area (Å²) in [6.07, 6.45) is 2.07. The van der Waals surface area contributed by atoms with E-state index in [0.29, 0.717) is 35.0 Å². The van der Waals surface area contributed by atoms with Crippen molar-refractivity contribution < 1.29 is 14.4 Å². The monoisotopic (exact) mass is 498 g/mol. The van der Waals surface area contributed by atoms with Crippen LogP contribution in [0.3, 0.4) is 0 Å². The van der Waals surface area contributed by atoms with E-state index >= 15 is 0 Å². The molecular weight excluding hydrogens is 464 g/mol. The van der Waals surface area contributed by atoms with Gasteiger partial charge in [0.1, 0.15) is 0 Å². The molecule has 3 amide bonds. The van der Waals surface area contributed by atoms with Crippen LogP contribution in [0.25, 0.3) is 0 Å². The number of para-hydroxylation sites is 1. The van der Waals surface area contributed by atoms with Gasteiger partial charge in [-0.25, -0.2) is 0 Å². The van der Waals surface area contributed by atoms with Gasteiger partial charge in [0, 0.05) is 47.8 Å². The Hall–Kier alpha value is -4.13. The highest BCUT2D eigenvalue weighted by atomic mass is 16.2. The van der Waals surface area contributed by atoms with Gasteiger partial charge in [-0.15, -0.1) is 0 Å². The second-order valence-electron chi connectivity index (χ2n) is 9.42. The second kappa shape index (κ2) is 12.2. The zero-order chi connectivity index (χ0) is 26.2. The maximum Gasteiger partial charge on any atom is 0.258 e. The molecule has 1 saturated heterocycles. The lowest BCUT2D eigenvalue weighted by atomic mass is 9.98. The molecule has 0 saturated carbocycles. The number of benzene rings is 3. The molecule has 1 aliphatic rings. The molecule has 1 heterocycles. The number of amides is 3. The molecule has 2 N–H and O–H groups in total. The van der Waals surface area contributed by atoms with E-state index in [1.807, 2.05) is 48.2 Å². The van der Waals surface area contributed by atoms with Gasteiger partial charge in [0.15, 0.2) is 0 Å². The standard InChI is InChI=1S/C30H34N4O3/c1-3-34(27-10-5-4-6-11-27)30(37)24-8-7-9-26(20-24)31-21-28(35)32-25-14-12-23(13-15-25)29(36)33-18-16-22(2)17-19-33/h4-15,20,22,31H,3,16-19,21H2,1-2H3,(H,32,35). The Morgan fingerprint density at radius 3 is 2.24 bits per heavy atom. The molecule has 0 unspecified atom stereocenters. The molecule has 1 fully saturated rings. The van der Waals surface area contributed by atoms with Gasteiger partial charge in [-0.1, -0.05) is 31.2 Å². The molecule has 1 aliphatic heterocycles. The van der Waals surface area contributed by atoms with Crippen LogP contribution in [0.15, 0.2) is 78.9 Å². The summed E-state index contributed by atoms with van der Waals surface area (Å²) in [6.45, 7) is 6.33. The van der Waals surface area contributed by atoms with Crippen LogP contribution < -0.4 is 15.5 Å². The summed E-state index contributed by atoms with van der Waals surface area (Å²) >= 11 is 0. The zero-order valence-corrected chi connectivity index (χ0v) is 21.4. The number of carbonyl (C=O) groups excluding carboxylic acids is 3. The molecular formula is C30H34N4O3. The number of nitrogens with zero attached hydrogens (tertiary/aromatic N) is 2. The zero-order valence-electron chi connectivity index (χ0n) is 21.4. The van der Waals surface area contributed by atoms with Gasteiger partial charge in [-0.05, 0) is 80.3 Å². The molecule has 0 spiro atoms. The van der Waals surface area contributed by atoms with Crippen molar-refractivity contribution in [3.8, 4) is 0 Å². The number of hydrogen-bond donors (Lipinski definition) is 2. The lowest BCUT2D eigenvalue weighted by molar-refractivity contribution is -0.114. The van der Waals surface area contributed by atoms with Gasteiger partial charge in [0.2, 0.25) is 5.91 Å². The molecule has 7 heteroatoms. The predicted molar refractivity (Wildman–Crippen MR) is 148 cm³/mol. The highest BCUT2D eigenvalue weighted by Gasteiger charge is 2.21. The number of carbonyl (C=O) groups is 3. The Kier molecular flexibility index (Phi) is 8.56. The van der Waals surface area contributed by atoms with Crippen LogP contribution in [0, 0.1) is 5.92 Å². The highest BCUT2D eigenvalue weighted by Crippen LogP contribution is 2.20. The van der Waals surface area contributed by atoms with Crippen molar-refractivity contribution in [3.63, 3.8) is 0 Å². The van der Waals surface area contributed by atoms with Gasteiger partial charge >= 0.3 is 0 Å². The largest absolute Gasteiger partial charge is 0.376 e. The number of piperidine rings is 1. The first kappa shape index (κ1) is 25.9. The van der Waals surface area contributed by atoms with Gasteiger partial charge < -0.3 is 20.4 Å². The third-order valence-corrected chi connectivity index (χ3v) is 6.68. The summed E-state index contributed by atoms with van der Waals surface area (Å²) in [7, 11) is 0. The van der Waals surface area contributed by atoms with Crippen molar-refractivity contribution >= 4 is 34.8 Å². The minimum atomic E-state index is -0.222. The number of hydrogen-bond acceptors (Lipinski definition) is 4. The molecule has 7 nitrogen and oxygen atoms in total. The van der Waals surface area contributed by atoms with Crippen LogP contribution in [0.2, 0.25) is 0 Å². The fourth-order valence-corrected chi connectivity index (χ4v) is 4.45. The van der Waals surface area contributed by atoms with E-state index in [0.717, 1.165) is 31.6 Å². The second-order valence-corrected chi connectivity index (χ2v) is 9.42. The molecule has 0 radical (unpaired) electrons. The van der Waals surface area contributed by atoms with Crippen molar-refractivity contribution in [1.82, 2.24) is 4.90 Å². The Balaban J connectivity index is 1.31. The van der Waals surface area contributed by atoms with Crippen LogP contribution in [-0.2, 0) is 4.79 Å². The van der Waals surface area contributed by atoms with Gasteiger partial charge in [-0.3, -0.25) is 14.4 Å². The molecule has 37 heavy (non-hydrogen) atoms. The number of nitrogens with one attached hydrogen (secondary N) is 2. The Bertz CT molecular complexity index is 1220. The molecule has 3 aromatic carbocycles. The number of likely N-dealkylation sites (tertiary alicyclic amines) is 1. The van der Waals surface area contributed by atoms with Crippen molar-refractivity contribution in [2.45, 2.75) is 26.7 Å². The van der Waals surface area contributed by atoms with Crippen LogP contribution >= 0.6 is 0 Å². The Morgan fingerprint density at radius 2 is 1.57 bits per heavy atom. The van der Waals surface area contributed by atoms with Crippen molar-refractivity contribution in [2.24, 2.45) is 5.92 Å². The third-order valence-electron chi connectivity index (χ3n) is 6.68. The van der Waals surface area contributed by atoms with Crippen molar-refractivity contribution in [2.75, 3.05) is 41.7 Å². The predicted octanol–water partition coefficient (Wildman–Crippen LogP) is 5.28. The summed E-state index contributed by atoms with van der Waals surface area (Å²) in [5, 5.41) is 5.94.